The Morgan fingerprint density at radius 2 is 1.42 bits per heavy atom. The molecule has 0 saturated carbocycles. The van der Waals surface area contributed by atoms with Crippen LogP contribution in [0.2, 0.25) is 0 Å². The van der Waals surface area contributed by atoms with E-state index in [0.29, 0.717) is 5.56 Å². The summed E-state index contributed by atoms with van der Waals surface area (Å²) in [7, 11) is 0. The highest BCUT2D eigenvalue weighted by atomic mass is 16.1. The first kappa shape index (κ1) is 13.0. The Labute approximate surface area is 113 Å². The normalized spacial score (nSPS) is 10.5. The lowest BCUT2D eigenvalue weighted by Gasteiger charge is -1.95. The summed E-state index contributed by atoms with van der Waals surface area (Å²) in [6.07, 6.45) is 10.8. The predicted octanol–water partition coefficient (Wildman–Crippen LogP) is 3.14. The van der Waals surface area contributed by atoms with Gasteiger partial charge in [0.2, 0.25) is 0 Å². The topological polar surface area (TPSA) is 20.9 Å². The van der Waals surface area contributed by atoms with Crippen molar-refractivity contribution in [1.29, 1.82) is 0 Å². The van der Waals surface area contributed by atoms with Crippen molar-refractivity contribution in [3.05, 3.63) is 78.1 Å². The molecule has 94 valence electrons. The van der Waals surface area contributed by atoms with E-state index in [1.807, 2.05) is 54.9 Å². The first-order chi connectivity index (χ1) is 9.31. The summed E-state index contributed by atoms with van der Waals surface area (Å²) >= 11 is 0. The van der Waals surface area contributed by atoms with Gasteiger partial charge in [0.1, 0.15) is 6.29 Å². The van der Waals surface area contributed by atoms with Gasteiger partial charge in [-0.1, -0.05) is 43.0 Å². The number of hydrogen-bond donors (Lipinski definition) is 0. The second-order valence-corrected chi connectivity index (χ2v) is 4.23. The second kappa shape index (κ2) is 6.45. The maximum absolute atomic E-state index is 10.6. The monoisotopic (exact) mass is 250 g/mol. The molecule has 2 heteroatoms. The van der Waals surface area contributed by atoms with Gasteiger partial charge < -0.3 is 0 Å². The van der Waals surface area contributed by atoms with Crippen molar-refractivity contribution < 1.29 is 9.36 Å². The zero-order chi connectivity index (χ0) is 13.5. The minimum Gasteiger partial charge on any atom is -0.298 e. The van der Waals surface area contributed by atoms with Crippen LogP contribution in [0.3, 0.4) is 0 Å². The average Bonchev–Trinajstić information content (AvgIpc) is 2.47. The number of nitrogens with zero attached hydrogens (tertiary/aromatic N) is 1. The van der Waals surface area contributed by atoms with Crippen LogP contribution in [-0.4, -0.2) is 6.29 Å². The van der Waals surface area contributed by atoms with E-state index in [4.69, 9.17) is 0 Å². The fraction of sp³-hybridized carbons (Fsp3) is 0.0588. The third-order valence-corrected chi connectivity index (χ3v) is 2.80. The molecule has 1 aromatic heterocycles. The zero-order valence-electron chi connectivity index (χ0n) is 10.7. The summed E-state index contributed by atoms with van der Waals surface area (Å²) in [6, 6.07) is 11.6. The molecule has 0 aliphatic carbocycles. The quantitative estimate of drug-likeness (QED) is 0.453. The van der Waals surface area contributed by atoms with Crippen LogP contribution in [0.1, 0.15) is 21.5 Å². The first-order valence-electron chi connectivity index (χ1n) is 6.15. The van der Waals surface area contributed by atoms with Gasteiger partial charge in [-0.15, -0.1) is 0 Å². The Bertz CT molecular complexity index is 580. The van der Waals surface area contributed by atoms with Gasteiger partial charge in [-0.3, -0.25) is 4.79 Å². The Morgan fingerprint density at radius 1 is 0.895 bits per heavy atom. The van der Waals surface area contributed by atoms with Crippen molar-refractivity contribution in [1.82, 2.24) is 0 Å². The maximum Gasteiger partial charge on any atom is 0.169 e. The third kappa shape index (κ3) is 3.75. The lowest BCUT2D eigenvalue weighted by Crippen LogP contribution is -2.31. The molecule has 2 nitrogen and oxygen atoms in total. The van der Waals surface area contributed by atoms with E-state index in [2.05, 4.69) is 23.3 Å². The Balaban J connectivity index is 2.08. The van der Waals surface area contributed by atoms with Crippen molar-refractivity contribution >= 4 is 18.4 Å². The lowest BCUT2D eigenvalue weighted by atomic mass is 10.1. The molecule has 0 atom stereocenters. The number of aldehydes is 1. The molecule has 2 rings (SSSR count). The largest absolute Gasteiger partial charge is 0.298 e. The Morgan fingerprint density at radius 3 is 1.95 bits per heavy atom. The van der Waals surface area contributed by atoms with Crippen LogP contribution in [0, 0.1) is 0 Å². The Kier molecular flexibility index (Phi) is 4.40. The van der Waals surface area contributed by atoms with Gasteiger partial charge in [-0.2, -0.15) is 0 Å². The molecule has 0 spiro atoms. The maximum atomic E-state index is 10.6. The van der Waals surface area contributed by atoms with E-state index in [0.717, 1.165) is 24.0 Å². The molecule has 0 bridgehead atoms. The van der Waals surface area contributed by atoms with Crippen molar-refractivity contribution in [3.8, 4) is 0 Å². The van der Waals surface area contributed by atoms with Crippen LogP contribution in [0.25, 0.3) is 12.2 Å². The van der Waals surface area contributed by atoms with Gasteiger partial charge in [0.25, 0.3) is 0 Å². The molecule has 0 aliphatic heterocycles. The zero-order valence-corrected chi connectivity index (χ0v) is 10.7. The Hall–Kier alpha value is -2.48. The number of pyridine rings is 1. The van der Waals surface area contributed by atoms with E-state index in [-0.39, 0.29) is 0 Å². The van der Waals surface area contributed by atoms with Gasteiger partial charge in [0.15, 0.2) is 18.9 Å². The molecule has 2 aromatic rings. The summed E-state index contributed by atoms with van der Waals surface area (Å²) in [6.45, 7) is 4.53. The average molecular weight is 250 g/mol. The minimum atomic E-state index is 0.697. The number of aromatic nitrogens is 1. The van der Waals surface area contributed by atoms with E-state index in [9.17, 15) is 4.79 Å². The highest BCUT2D eigenvalue weighted by Gasteiger charge is 1.95. The van der Waals surface area contributed by atoms with Crippen molar-refractivity contribution in [2.45, 2.75) is 6.54 Å². The van der Waals surface area contributed by atoms with Crippen molar-refractivity contribution in [2.24, 2.45) is 0 Å². The van der Waals surface area contributed by atoms with Gasteiger partial charge in [-0.05, 0) is 17.2 Å². The molecule has 1 aromatic carbocycles. The minimum absolute atomic E-state index is 0.697. The number of carbonyl (C=O) groups excluding carboxylic acids is 1. The molecule has 0 fully saturated rings. The number of benzene rings is 1. The van der Waals surface area contributed by atoms with Crippen LogP contribution in [0.15, 0.2) is 61.4 Å². The highest BCUT2D eigenvalue weighted by molar-refractivity contribution is 5.76. The fourth-order valence-electron chi connectivity index (χ4n) is 1.73. The van der Waals surface area contributed by atoms with Crippen LogP contribution in [0.5, 0.6) is 0 Å². The summed E-state index contributed by atoms with van der Waals surface area (Å²) in [4.78, 5) is 10.6. The molecule has 0 amide bonds. The van der Waals surface area contributed by atoms with Crippen molar-refractivity contribution in [2.75, 3.05) is 0 Å². The molecule has 0 unspecified atom stereocenters. The lowest BCUT2D eigenvalue weighted by molar-refractivity contribution is -0.687. The van der Waals surface area contributed by atoms with Crippen LogP contribution in [0.4, 0.5) is 0 Å². The van der Waals surface area contributed by atoms with E-state index < -0.39 is 0 Å². The molecule has 0 aliphatic rings. The third-order valence-electron chi connectivity index (χ3n) is 2.80. The molecule has 1 heterocycles. The van der Waals surface area contributed by atoms with Gasteiger partial charge in [-0.25, -0.2) is 4.57 Å². The van der Waals surface area contributed by atoms with Gasteiger partial charge in [0, 0.05) is 17.7 Å². The smallest absolute Gasteiger partial charge is 0.169 e. The summed E-state index contributed by atoms with van der Waals surface area (Å²) in [5.74, 6) is 0. The predicted molar refractivity (Wildman–Crippen MR) is 77.6 cm³/mol. The van der Waals surface area contributed by atoms with Crippen LogP contribution < -0.4 is 4.57 Å². The summed E-state index contributed by atoms with van der Waals surface area (Å²) < 4.78 is 2.06. The second-order valence-electron chi connectivity index (χ2n) is 4.23. The molecule has 0 N–H and O–H groups in total. The molecule has 0 radical (unpaired) electrons. The van der Waals surface area contributed by atoms with Gasteiger partial charge >= 0.3 is 0 Å². The standard InChI is InChI=1S/C17H16NO/c1-2-11-18-12-9-16(10-13-18)4-3-15-5-7-17(14-19)8-6-15/h2-10,12-14H,1,11H2/q+1. The van der Waals surface area contributed by atoms with Crippen molar-refractivity contribution in [3.63, 3.8) is 0 Å². The highest BCUT2D eigenvalue weighted by Crippen LogP contribution is 2.08. The number of allylic oxidation sites excluding steroid dienone is 1. The van der Waals surface area contributed by atoms with Crippen LogP contribution >= 0.6 is 0 Å². The molecular formula is C17H16NO+. The number of carbonyl (C=O) groups is 1. The molecule has 19 heavy (non-hydrogen) atoms. The molecular weight excluding hydrogens is 234 g/mol. The summed E-state index contributed by atoms with van der Waals surface area (Å²) in [5.41, 5.74) is 2.91. The van der Waals surface area contributed by atoms with E-state index >= 15 is 0 Å². The number of rotatable bonds is 5. The van der Waals surface area contributed by atoms with Gasteiger partial charge in [0.05, 0.1) is 0 Å². The van der Waals surface area contributed by atoms with Crippen LogP contribution in [-0.2, 0) is 6.54 Å². The summed E-state index contributed by atoms with van der Waals surface area (Å²) in [5, 5.41) is 0. The van der Waals surface area contributed by atoms with E-state index in [1.165, 1.54) is 0 Å². The fourth-order valence-corrected chi connectivity index (χ4v) is 1.73. The van der Waals surface area contributed by atoms with E-state index in [1.54, 1.807) is 0 Å². The number of hydrogen-bond acceptors (Lipinski definition) is 1. The SMILES string of the molecule is C=CC[n+]1ccc(C=Cc2ccc(C=O)cc2)cc1. The first-order valence-corrected chi connectivity index (χ1v) is 6.15. The molecule has 0 saturated heterocycles.